The zero-order valence-corrected chi connectivity index (χ0v) is 12.9. The quantitative estimate of drug-likeness (QED) is 0.881. The molecule has 0 aliphatic heterocycles. The van der Waals surface area contributed by atoms with E-state index in [0.29, 0.717) is 10.6 Å². The molecule has 0 unspecified atom stereocenters. The van der Waals surface area contributed by atoms with Crippen molar-refractivity contribution in [1.29, 1.82) is 0 Å². The SMILES string of the molecule is Cc1cccnc1CNS(=O)(=O)c1cc(C)c(CO)s1. The Balaban J connectivity index is 2.17. The van der Waals surface area contributed by atoms with Crippen molar-refractivity contribution in [3.8, 4) is 0 Å². The van der Waals surface area contributed by atoms with Crippen LogP contribution < -0.4 is 4.72 Å². The summed E-state index contributed by atoms with van der Waals surface area (Å²) < 4.78 is 27.1. The first kappa shape index (κ1) is 15.1. The van der Waals surface area contributed by atoms with Gasteiger partial charge in [0.15, 0.2) is 0 Å². The third kappa shape index (κ3) is 3.24. The Morgan fingerprint density at radius 2 is 2.10 bits per heavy atom. The maximum absolute atomic E-state index is 12.2. The monoisotopic (exact) mass is 312 g/mol. The second kappa shape index (κ2) is 6.01. The number of pyridine rings is 1. The van der Waals surface area contributed by atoms with E-state index in [1.807, 2.05) is 19.1 Å². The topological polar surface area (TPSA) is 79.3 Å². The maximum atomic E-state index is 12.2. The molecule has 0 aliphatic carbocycles. The number of aryl methyl sites for hydroxylation is 2. The van der Waals surface area contributed by atoms with Crippen LogP contribution in [0.15, 0.2) is 28.6 Å². The van der Waals surface area contributed by atoms with Gasteiger partial charge < -0.3 is 5.11 Å². The van der Waals surface area contributed by atoms with Gasteiger partial charge in [-0.05, 0) is 37.1 Å². The van der Waals surface area contributed by atoms with Gasteiger partial charge in [-0.25, -0.2) is 13.1 Å². The first-order valence-electron chi connectivity index (χ1n) is 6.04. The van der Waals surface area contributed by atoms with Crippen LogP contribution in [-0.2, 0) is 23.2 Å². The molecule has 0 spiro atoms. The van der Waals surface area contributed by atoms with Crippen molar-refractivity contribution in [2.24, 2.45) is 0 Å². The van der Waals surface area contributed by atoms with Crippen molar-refractivity contribution in [2.45, 2.75) is 31.2 Å². The van der Waals surface area contributed by atoms with Crippen molar-refractivity contribution in [2.75, 3.05) is 0 Å². The molecule has 0 aliphatic rings. The van der Waals surface area contributed by atoms with E-state index < -0.39 is 10.0 Å². The van der Waals surface area contributed by atoms with Crippen LogP contribution in [0.2, 0.25) is 0 Å². The minimum absolute atomic E-state index is 0.147. The molecule has 2 aromatic heterocycles. The first-order valence-corrected chi connectivity index (χ1v) is 8.34. The summed E-state index contributed by atoms with van der Waals surface area (Å²) in [4.78, 5) is 4.82. The summed E-state index contributed by atoms with van der Waals surface area (Å²) in [5, 5.41) is 9.13. The molecule has 2 heterocycles. The van der Waals surface area contributed by atoms with E-state index in [1.54, 1.807) is 19.2 Å². The Kier molecular flexibility index (Phi) is 4.54. The van der Waals surface area contributed by atoms with Gasteiger partial charge in [-0.3, -0.25) is 4.98 Å². The summed E-state index contributed by atoms with van der Waals surface area (Å²) in [6, 6.07) is 5.27. The highest BCUT2D eigenvalue weighted by Crippen LogP contribution is 2.25. The summed E-state index contributed by atoms with van der Waals surface area (Å²) in [5.74, 6) is 0. The van der Waals surface area contributed by atoms with Gasteiger partial charge >= 0.3 is 0 Å². The van der Waals surface area contributed by atoms with E-state index in [-0.39, 0.29) is 17.4 Å². The Morgan fingerprint density at radius 1 is 1.35 bits per heavy atom. The number of nitrogens with zero attached hydrogens (tertiary/aromatic N) is 1. The first-order chi connectivity index (χ1) is 9.44. The number of aromatic nitrogens is 1. The van der Waals surface area contributed by atoms with E-state index >= 15 is 0 Å². The lowest BCUT2D eigenvalue weighted by Crippen LogP contribution is -2.23. The van der Waals surface area contributed by atoms with E-state index in [0.717, 1.165) is 22.5 Å². The fourth-order valence-electron chi connectivity index (χ4n) is 1.72. The summed E-state index contributed by atoms with van der Waals surface area (Å²) in [7, 11) is -3.57. The molecule has 2 aromatic rings. The number of hydrogen-bond acceptors (Lipinski definition) is 5. The maximum Gasteiger partial charge on any atom is 0.250 e. The van der Waals surface area contributed by atoms with E-state index in [2.05, 4.69) is 9.71 Å². The predicted octanol–water partition coefficient (Wildman–Crippen LogP) is 1.73. The van der Waals surface area contributed by atoms with Crippen LogP contribution in [0.5, 0.6) is 0 Å². The van der Waals surface area contributed by atoms with Gasteiger partial charge in [0, 0.05) is 11.1 Å². The van der Waals surface area contributed by atoms with Crippen molar-refractivity contribution >= 4 is 21.4 Å². The third-order valence-corrected chi connectivity index (χ3v) is 6.05. The van der Waals surface area contributed by atoms with Crippen LogP contribution in [-0.4, -0.2) is 18.5 Å². The van der Waals surface area contributed by atoms with Crippen molar-refractivity contribution < 1.29 is 13.5 Å². The number of hydrogen-bond donors (Lipinski definition) is 2. The Morgan fingerprint density at radius 3 is 2.70 bits per heavy atom. The van der Waals surface area contributed by atoms with Gasteiger partial charge in [-0.15, -0.1) is 11.3 Å². The minimum atomic E-state index is -3.57. The molecular formula is C13H16N2O3S2. The molecule has 108 valence electrons. The van der Waals surface area contributed by atoms with Crippen LogP contribution in [0.25, 0.3) is 0 Å². The highest BCUT2D eigenvalue weighted by molar-refractivity contribution is 7.91. The molecule has 0 saturated carbocycles. The molecule has 0 amide bonds. The summed E-state index contributed by atoms with van der Waals surface area (Å²) in [5.41, 5.74) is 2.42. The van der Waals surface area contributed by atoms with Gasteiger partial charge in [0.1, 0.15) is 4.21 Å². The van der Waals surface area contributed by atoms with Crippen molar-refractivity contribution in [1.82, 2.24) is 9.71 Å². The van der Waals surface area contributed by atoms with Gasteiger partial charge in [0.05, 0.1) is 18.8 Å². The van der Waals surface area contributed by atoms with E-state index in [1.165, 1.54) is 0 Å². The average molecular weight is 312 g/mol. The second-order valence-electron chi connectivity index (χ2n) is 4.42. The standard InChI is InChI=1S/C13H16N2O3S2/c1-9-4-3-5-14-11(9)7-15-20(17,18)13-6-10(2)12(8-16)19-13/h3-6,15-16H,7-8H2,1-2H3. The Bertz CT molecular complexity index is 708. The predicted molar refractivity (Wildman–Crippen MR) is 78.0 cm³/mol. The molecule has 0 bridgehead atoms. The number of thiophene rings is 1. The average Bonchev–Trinajstić information content (AvgIpc) is 2.80. The molecule has 2 N–H and O–H groups in total. The Labute approximate surface area is 122 Å². The molecule has 0 saturated heterocycles. The normalized spacial score (nSPS) is 11.8. The van der Waals surface area contributed by atoms with Crippen LogP contribution in [0.3, 0.4) is 0 Å². The molecule has 2 rings (SSSR count). The Hall–Kier alpha value is -1.28. The fraction of sp³-hybridized carbons (Fsp3) is 0.308. The fourth-order valence-corrected chi connectivity index (χ4v) is 4.20. The summed E-state index contributed by atoms with van der Waals surface area (Å²) in [6.07, 6.45) is 1.63. The van der Waals surface area contributed by atoms with Crippen molar-refractivity contribution in [3.63, 3.8) is 0 Å². The molecule has 20 heavy (non-hydrogen) atoms. The van der Waals surface area contributed by atoms with Gasteiger partial charge in [0.2, 0.25) is 10.0 Å². The van der Waals surface area contributed by atoms with E-state index in [4.69, 9.17) is 5.11 Å². The van der Waals surface area contributed by atoms with Crippen LogP contribution in [0, 0.1) is 13.8 Å². The lowest BCUT2D eigenvalue weighted by atomic mass is 10.2. The third-order valence-electron chi connectivity index (χ3n) is 2.95. The highest BCUT2D eigenvalue weighted by atomic mass is 32.2. The number of aliphatic hydroxyl groups excluding tert-OH is 1. The molecular weight excluding hydrogens is 296 g/mol. The lowest BCUT2D eigenvalue weighted by molar-refractivity contribution is 0.285. The molecule has 0 aromatic carbocycles. The van der Waals surface area contributed by atoms with Crippen LogP contribution >= 0.6 is 11.3 Å². The molecule has 0 radical (unpaired) electrons. The zero-order valence-electron chi connectivity index (χ0n) is 11.3. The largest absolute Gasteiger partial charge is 0.391 e. The van der Waals surface area contributed by atoms with Gasteiger partial charge in [0.25, 0.3) is 0 Å². The van der Waals surface area contributed by atoms with Crippen LogP contribution in [0.4, 0.5) is 0 Å². The van der Waals surface area contributed by atoms with Gasteiger partial charge in [-0.1, -0.05) is 6.07 Å². The molecule has 7 heteroatoms. The highest BCUT2D eigenvalue weighted by Gasteiger charge is 2.18. The number of rotatable bonds is 5. The molecule has 0 atom stereocenters. The summed E-state index contributed by atoms with van der Waals surface area (Å²) in [6.45, 7) is 3.67. The van der Waals surface area contributed by atoms with Crippen LogP contribution in [0.1, 0.15) is 21.7 Å². The van der Waals surface area contributed by atoms with Gasteiger partial charge in [-0.2, -0.15) is 0 Å². The molecule has 5 nitrogen and oxygen atoms in total. The second-order valence-corrected chi connectivity index (χ2v) is 7.55. The lowest BCUT2D eigenvalue weighted by Gasteiger charge is -2.06. The number of nitrogens with one attached hydrogen (secondary N) is 1. The van der Waals surface area contributed by atoms with Crippen molar-refractivity contribution in [3.05, 3.63) is 46.1 Å². The summed E-state index contributed by atoms with van der Waals surface area (Å²) >= 11 is 1.08. The zero-order chi connectivity index (χ0) is 14.8. The number of sulfonamides is 1. The molecule has 0 fully saturated rings. The smallest absolute Gasteiger partial charge is 0.250 e. The van der Waals surface area contributed by atoms with E-state index in [9.17, 15) is 8.42 Å². The minimum Gasteiger partial charge on any atom is -0.391 e. The number of aliphatic hydroxyl groups is 1.